The summed E-state index contributed by atoms with van der Waals surface area (Å²) in [6.45, 7) is 8.94. The van der Waals surface area contributed by atoms with Crippen LogP contribution in [0.25, 0.3) is 22.3 Å². The molecule has 0 radical (unpaired) electrons. The Labute approximate surface area is 297 Å². The Morgan fingerprint density at radius 2 is 0.480 bits per heavy atom. The van der Waals surface area contributed by atoms with E-state index in [0.29, 0.717) is 11.8 Å². The highest BCUT2D eigenvalue weighted by atomic mass is 15.1. The summed E-state index contributed by atoms with van der Waals surface area (Å²) in [4.78, 5) is 4.64. The van der Waals surface area contributed by atoms with Crippen LogP contribution >= 0.6 is 0 Å². The summed E-state index contributed by atoms with van der Waals surface area (Å²) in [7, 11) is 0. The Morgan fingerprint density at radius 1 is 0.260 bits per heavy atom. The zero-order valence-corrected chi connectivity index (χ0v) is 29.4. The Balaban J connectivity index is 1.16. The van der Waals surface area contributed by atoms with E-state index in [-0.39, 0.29) is 0 Å². The molecule has 0 fully saturated rings. The SMILES string of the molecule is CC(C)c1ccc(-c2ccc(N(c3ccccc3)c3ccc(-c4ccc(N(c5ccccc5)c5ccc(C(C)C)cc5)cc4)cc3)cc2)cc1. The van der Waals surface area contributed by atoms with Crippen LogP contribution in [-0.2, 0) is 0 Å². The zero-order chi connectivity index (χ0) is 34.5. The van der Waals surface area contributed by atoms with Gasteiger partial charge in [0, 0.05) is 34.1 Å². The molecule has 0 bridgehead atoms. The van der Waals surface area contributed by atoms with Crippen LogP contribution in [0.3, 0.4) is 0 Å². The van der Waals surface area contributed by atoms with E-state index in [1.165, 1.54) is 33.4 Å². The topological polar surface area (TPSA) is 6.48 Å². The third-order valence-corrected chi connectivity index (χ3v) is 9.47. The fourth-order valence-electron chi connectivity index (χ4n) is 6.53. The van der Waals surface area contributed by atoms with Gasteiger partial charge in [-0.1, -0.05) is 137 Å². The maximum Gasteiger partial charge on any atom is 0.0462 e. The first-order chi connectivity index (χ1) is 24.4. The molecule has 7 aromatic rings. The summed E-state index contributed by atoms with van der Waals surface area (Å²) in [5.41, 5.74) is 14.3. The van der Waals surface area contributed by atoms with Gasteiger partial charge in [-0.25, -0.2) is 0 Å². The molecule has 50 heavy (non-hydrogen) atoms. The van der Waals surface area contributed by atoms with E-state index in [4.69, 9.17) is 0 Å². The predicted octanol–water partition coefficient (Wildman–Crippen LogP) is 14.2. The van der Waals surface area contributed by atoms with Gasteiger partial charge in [0.15, 0.2) is 0 Å². The van der Waals surface area contributed by atoms with Crippen LogP contribution in [0.2, 0.25) is 0 Å². The lowest BCUT2D eigenvalue weighted by atomic mass is 9.98. The van der Waals surface area contributed by atoms with Crippen molar-refractivity contribution in [3.8, 4) is 22.3 Å². The molecule has 7 aromatic carbocycles. The summed E-state index contributed by atoms with van der Waals surface area (Å²) in [5, 5.41) is 0. The third-order valence-electron chi connectivity index (χ3n) is 9.47. The molecule has 0 heterocycles. The largest absolute Gasteiger partial charge is 0.311 e. The molecule has 246 valence electrons. The minimum Gasteiger partial charge on any atom is -0.311 e. The summed E-state index contributed by atoms with van der Waals surface area (Å²) >= 11 is 0. The zero-order valence-electron chi connectivity index (χ0n) is 29.4. The second-order valence-electron chi connectivity index (χ2n) is 13.5. The van der Waals surface area contributed by atoms with Gasteiger partial charge >= 0.3 is 0 Å². The molecule has 0 spiro atoms. The minimum absolute atomic E-state index is 0.498. The number of hydrogen-bond donors (Lipinski definition) is 0. The van der Waals surface area contributed by atoms with Crippen LogP contribution in [0.15, 0.2) is 182 Å². The molecule has 7 rings (SSSR count). The fourth-order valence-corrected chi connectivity index (χ4v) is 6.53. The van der Waals surface area contributed by atoms with Gasteiger partial charge in [-0.15, -0.1) is 0 Å². The van der Waals surface area contributed by atoms with Gasteiger partial charge in [-0.05, 0) is 118 Å². The molecule has 0 saturated carbocycles. The number of anilines is 6. The number of hydrogen-bond acceptors (Lipinski definition) is 2. The Bertz CT molecular complexity index is 2100. The minimum atomic E-state index is 0.498. The van der Waals surface area contributed by atoms with Crippen LogP contribution in [-0.4, -0.2) is 0 Å². The monoisotopic (exact) mass is 648 g/mol. The molecule has 0 atom stereocenters. The molecular weight excluding hydrogens is 605 g/mol. The van der Waals surface area contributed by atoms with Gasteiger partial charge in [0.05, 0.1) is 0 Å². The molecule has 2 nitrogen and oxygen atoms in total. The van der Waals surface area contributed by atoms with Crippen LogP contribution in [0.5, 0.6) is 0 Å². The lowest BCUT2D eigenvalue weighted by molar-refractivity contribution is 0.866. The lowest BCUT2D eigenvalue weighted by Gasteiger charge is -2.26. The van der Waals surface area contributed by atoms with Crippen LogP contribution in [0.4, 0.5) is 34.1 Å². The van der Waals surface area contributed by atoms with Gasteiger partial charge < -0.3 is 9.80 Å². The smallest absolute Gasteiger partial charge is 0.0462 e. The molecular formula is C48H44N2. The fraction of sp³-hybridized carbons (Fsp3) is 0.125. The predicted molar refractivity (Wildman–Crippen MR) is 215 cm³/mol. The van der Waals surface area contributed by atoms with E-state index in [0.717, 1.165) is 34.1 Å². The van der Waals surface area contributed by atoms with Gasteiger partial charge in [0.2, 0.25) is 0 Å². The van der Waals surface area contributed by atoms with E-state index in [9.17, 15) is 0 Å². The highest BCUT2D eigenvalue weighted by Crippen LogP contribution is 2.39. The Hall–Kier alpha value is -5.86. The van der Waals surface area contributed by atoms with Gasteiger partial charge in [0.1, 0.15) is 0 Å². The summed E-state index contributed by atoms with van der Waals surface area (Å²) in [6.07, 6.45) is 0. The highest BCUT2D eigenvalue weighted by Gasteiger charge is 2.15. The van der Waals surface area contributed by atoms with Crippen molar-refractivity contribution < 1.29 is 0 Å². The quantitative estimate of drug-likeness (QED) is 0.146. The number of rotatable bonds is 10. The second-order valence-corrected chi connectivity index (χ2v) is 13.5. The molecule has 0 aliphatic heterocycles. The van der Waals surface area contributed by atoms with Crippen molar-refractivity contribution in [2.45, 2.75) is 39.5 Å². The maximum atomic E-state index is 2.32. The molecule has 0 aliphatic carbocycles. The summed E-state index contributed by atoms with van der Waals surface area (Å²) in [6, 6.07) is 65.8. The average Bonchev–Trinajstić information content (AvgIpc) is 3.17. The molecule has 0 amide bonds. The second kappa shape index (κ2) is 14.7. The molecule has 0 saturated heterocycles. The number of nitrogens with zero attached hydrogens (tertiary/aromatic N) is 2. The first-order valence-corrected chi connectivity index (χ1v) is 17.7. The Morgan fingerprint density at radius 3 is 0.760 bits per heavy atom. The van der Waals surface area contributed by atoms with Crippen molar-refractivity contribution in [3.63, 3.8) is 0 Å². The normalized spacial score (nSPS) is 11.2. The van der Waals surface area contributed by atoms with Crippen molar-refractivity contribution >= 4 is 34.1 Å². The lowest BCUT2D eigenvalue weighted by Crippen LogP contribution is -2.10. The van der Waals surface area contributed by atoms with Crippen molar-refractivity contribution in [2.24, 2.45) is 0 Å². The van der Waals surface area contributed by atoms with E-state index in [1.54, 1.807) is 0 Å². The van der Waals surface area contributed by atoms with Crippen LogP contribution < -0.4 is 9.80 Å². The highest BCUT2D eigenvalue weighted by molar-refractivity contribution is 5.81. The molecule has 0 N–H and O–H groups in total. The van der Waals surface area contributed by atoms with E-state index in [2.05, 4.69) is 219 Å². The van der Waals surface area contributed by atoms with E-state index in [1.807, 2.05) is 0 Å². The molecule has 0 aromatic heterocycles. The van der Waals surface area contributed by atoms with Crippen LogP contribution in [0.1, 0.15) is 50.7 Å². The number of para-hydroxylation sites is 2. The first-order valence-electron chi connectivity index (χ1n) is 17.7. The Kier molecular flexibility index (Phi) is 9.62. The van der Waals surface area contributed by atoms with Gasteiger partial charge in [0.25, 0.3) is 0 Å². The van der Waals surface area contributed by atoms with Gasteiger partial charge in [-0.2, -0.15) is 0 Å². The van der Waals surface area contributed by atoms with E-state index < -0.39 is 0 Å². The van der Waals surface area contributed by atoms with Crippen molar-refractivity contribution in [2.75, 3.05) is 9.80 Å². The first kappa shape index (κ1) is 32.7. The molecule has 0 unspecified atom stereocenters. The van der Waals surface area contributed by atoms with Crippen LogP contribution in [0, 0.1) is 0 Å². The summed E-state index contributed by atoms with van der Waals surface area (Å²) < 4.78 is 0. The number of benzene rings is 7. The molecule has 0 aliphatic rings. The standard InChI is InChI=1S/C48H44N2/c1-35(2)37-15-17-39(18-16-37)40-21-29-47(30-22-40)50(44-13-9-6-10-14-44)48-33-25-42(26-34-48)41-23-31-46(32-24-41)49(43-11-7-5-8-12-43)45-27-19-38(20-28-45)36(3)4/h5-36H,1-4H3. The van der Waals surface area contributed by atoms with Gasteiger partial charge in [-0.3, -0.25) is 0 Å². The summed E-state index contributed by atoms with van der Waals surface area (Å²) in [5.74, 6) is 1.03. The van der Waals surface area contributed by atoms with Crippen molar-refractivity contribution in [1.82, 2.24) is 0 Å². The van der Waals surface area contributed by atoms with Crippen molar-refractivity contribution in [3.05, 3.63) is 193 Å². The van der Waals surface area contributed by atoms with Crippen molar-refractivity contribution in [1.29, 1.82) is 0 Å². The van der Waals surface area contributed by atoms with E-state index >= 15 is 0 Å². The average molecular weight is 649 g/mol. The maximum absolute atomic E-state index is 2.32. The molecule has 2 heteroatoms. The third kappa shape index (κ3) is 7.11.